The summed E-state index contributed by atoms with van der Waals surface area (Å²) >= 11 is 0. The van der Waals surface area contributed by atoms with E-state index < -0.39 is 5.91 Å². The lowest BCUT2D eigenvalue weighted by atomic mass is 10.2. The molecule has 86 valence electrons. The molecule has 0 aliphatic rings. The molecule has 1 amide bonds. The van der Waals surface area contributed by atoms with Gasteiger partial charge in [0.05, 0.1) is 12.1 Å². The molecule has 4 heteroatoms. The van der Waals surface area contributed by atoms with Crippen LogP contribution in [0.1, 0.15) is 15.9 Å². The number of primary amides is 1. The number of hydrogen-bond donors (Lipinski definition) is 1. The van der Waals surface area contributed by atoms with Crippen molar-refractivity contribution >= 4 is 5.91 Å². The third kappa shape index (κ3) is 2.60. The fourth-order valence-electron chi connectivity index (χ4n) is 1.58. The second kappa shape index (κ2) is 4.65. The standard InChI is InChI=1S/C13H12N2O2/c14-13(17)11-6-7-12(16)15(9-11)8-10-4-2-1-3-5-10/h1-7,9H,8H2,(H2,14,17). The predicted molar refractivity (Wildman–Crippen MR) is 64.8 cm³/mol. The van der Waals surface area contributed by atoms with Crippen LogP contribution in [0, 0.1) is 0 Å². The van der Waals surface area contributed by atoms with E-state index in [0.29, 0.717) is 12.1 Å². The molecule has 0 radical (unpaired) electrons. The first-order chi connectivity index (χ1) is 8.16. The summed E-state index contributed by atoms with van der Waals surface area (Å²) in [6, 6.07) is 12.3. The number of benzene rings is 1. The van der Waals surface area contributed by atoms with Gasteiger partial charge in [-0.2, -0.15) is 0 Å². The van der Waals surface area contributed by atoms with Gasteiger partial charge in [-0.3, -0.25) is 9.59 Å². The molecule has 0 bridgehead atoms. The van der Waals surface area contributed by atoms with Crippen LogP contribution in [0.4, 0.5) is 0 Å². The summed E-state index contributed by atoms with van der Waals surface area (Å²) in [5.41, 5.74) is 6.35. The number of carbonyl (C=O) groups is 1. The van der Waals surface area contributed by atoms with E-state index in [1.54, 1.807) is 0 Å². The second-order valence-electron chi connectivity index (χ2n) is 3.73. The van der Waals surface area contributed by atoms with Crippen LogP contribution < -0.4 is 11.3 Å². The average Bonchev–Trinajstić information content (AvgIpc) is 2.33. The number of aromatic nitrogens is 1. The summed E-state index contributed by atoms with van der Waals surface area (Å²) < 4.78 is 1.47. The van der Waals surface area contributed by atoms with Gasteiger partial charge in [-0.15, -0.1) is 0 Å². The number of nitrogens with two attached hydrogens (primary N) is 1. The summed E-state index contributed by atoms with van der Waals surface area (Å²) in [5, 5.41) is 0. The Labute approximate surface area is 98.3 Å². The molecule has 2 rings (SSSR count). The Morgan fingerprint density at radius 2 is 1.82 bits per heavy atom. The Hall–Kier alpha value is -2.36. The Balaban J connectivity index is 2.36. The van der Waals surface area contributed by atoms with Crippen molar-refractivity contribution in [3.05, 3.63) is 70.1 Å². The van der Waals surface area contributed by atoms with Crippen molar-refractivity contribution in [2.24, 2.45) is 5.73 Å². The van der Waals surface area contributed by atoms with Crippen LogP contribution in [0.3, 0.4) is 0 Å². The molecule has 0 unspecified atom stereocenters. The first-order valence-corrected chi connectivity index (χ1v) is 5.21. The maximum atomic E-state index is 11.6. The SMILES string of the molecule is NC(=O)c1ccc(=O)n(Cc2ccccc2)c1. The minimum Gasteiger partial charge on any atom is -0.366 e. The summed E-state index contributed by atoms with van der Waals surface area (Å²) in [7, 11) is 0. The lowest BCUT2D eigenvalue weighted by molar-refractivity contribution is 0.0999. The fraction of sp³-hybridized carbons (Fsp3) is 0.0769. The third-order valence-electron chi connectivity index (χ3n) is 2.46. The van der Waals surface area contributed by atoms with E-state index in [1.165, 1.54) is 22.9 Å². The van der Waals surface area contributed by atoms with Crippen molar-refractivity contribution < 1.29 is 4.79 Å². The highest BCUT2D eigenvalue weighted by atomic mass is 16.1. The Morgan fingerprint density at radius 1 is 1.12 bits per heavy atom. The number of hydrogen-bond acceptors (Lipinski definition) is 2. The molecular weight excluding hydrogens is 216 g/mol. The molecule has 2 N–H and O–H groups in total. The minimum absolute atomic E-state index is 0.154. The number of nitrogens with zero attached hydrogens (tertiary/aromatic N) is 1. The Bertz CT molecular complexity index is 588. The molecule has 2 aromatic rings. The van der Waals surface area contributed by atoms with Gasteiger partial charge in [0.2, 0.25) is 5.91 Å². The van der Waals surface area contributed by atoms with Gasteiger partial charge >= 0.3 is 0 Å². The summed E-state index contributed by atoms with van der Waals surface area (Å²) in [6.07, 6.45) is 1.48. The molecule has 1 aromatic heterocycles. The largest absolute Gasteiger partial charge is 0.366 e. The molecule has 0 aliphatic heterocycles. The minimum atomic E-state index is -0.535. The van der Waals surface area contributed by atoms with Gasteiger partial charge in [0.25, 0.3) is 5.56 Å². The van der Waals surface area contributed by atoms with Crippen molar-refractivity contribution in [3.63, 3.8) is 0 Å². The maximum absolute atomic E-state index is 11.6. The second-order valence-corrected chi connectivity index (χ2v) is 3.73. The highest BCUT2D eigenvalue weighted by Crippen LogP contribution is 2.02. The summed E-state index contributed by atoms with van der Waals surface area (Å²) in [4.78, 5) is 22.6. The van der Waals surface area contributed by atoms with Crippen LogP contribution in [0.25, 0.3) is 0 Å². The van der Waals surface area contributed by atoms with Crippen molar-refractivity contribution in [2.45, 2.75) is 6.54 Å². The lowest BCUT2D eigenvalue weighted by Gasteiger charge is -2.06. The molecule has 1 aromatic carbocycles. The van der Waals surface area contributed by atoms with E-state index in [-0.39, 0.29) is 5.56 Å². The molecule has 17 heavy (non-hydrogen) atoms. The van der Waals surface area contributed by atoms with Crippen LogP contribution in [0.2, 0.25) is 0 Å². The number of carbonyl (C=O) groups excluding carboxylic acids is 1. The lowest BCUT2D eigenvalue weighted by Crippen LogP contribution is -2.22. The fourth-order valence-corrected chi connectivity index (χ4v) is 1.58. The molecule has 0 atom stereocenters. The van der Waals surface area contributed by atoms with Crippen molar-refractivity contribution in [2.75, 3.05) is 0 Å². The van der Waals surface area contributed by atoms with Gasteiger partial charge in [0.1, 0.15) is 0 Å². The molecular formula is C13H12N2O2. The summed E-state index contributed by atoms with van der Waals surface area (Å²) in [5.74, 6) is -0.535. The van der Waals surface area contributed by atoms with Gasteiger partial charge in [-0.25, -0.2) is 0 Å². The smallest absolute Gasteiger partial charge is 0.250 e. The normalized spacial score (nSPS) is 10.1. The zero-order valence-corrected chi connectivity index (χ0v) is 9.17. The van der Waals surface area contributed by atoms with Crippen LogP contribution in [-0.4, -0.2) is 10.5 Å². The number of pyridine rings is 1. The van der Waals surface area contributed by atoms with Crippen molar-refractivity contribution in [1.29, 1.82) is 0 Å². The van der Waals surface area contributed by atoms with E-state index in [4.69, 9.17) is 5.73 Å². The molecule has 0 fully saturated rings. The van der Waals surface area contributed by atoms with Gasteiger partial charge in [-0.1, -0.05) is 30.3 Å². The molecule has 0 spiro atoms. The zero-order chi connectivity index (χ0) is 12.3. The summed E-state index contributed by atoms with van der Waals surface area (Å²) in [6.45, 7) is 0.431. The van der Waals surface area contributed by atoms with Crippen LogP contribution in [0.15, 0.2) is 53.5 Å². The Morgan fingerprint density at radius 3 is 2.47 bits per heavy atom. The van der Waals surface area contributed by atoms with Gasteiger partial charge in [0.15, 0.2) is 0 Å². The molecule has 4 nitrogen and oxygen atoms in total. The molecule has 0 saturated carbocycles. The van der Waals surface area contributed by atoms with Crippen molar-refractivity contribution in [3.8, 4) is 0 Å². The van der Waals surface area contributed by atoms with Crippen LogP contribution in [-0.2, 0) is 6.54 Å². The zero-order valence-electron chi connectivity index (χ0n) is 9.17. The van der Waals surface area contributed by atoms with Crippen LogP contribution >= 0.6 is 0 Å². The quantitative estimate of drug-likeness (QED) is 0.851. The Kier molecular flexibility index (Phi) is 3.05. The number of amides is 1. The van der Waals surface area contributed by atoms with Gasteiger partial charge in [-0.05, 0) is 11.6 Å². The maximum Gasteiger partial charge on any atom is 0.250 e. The van der Waals surface area contributed by atoms with Crippen LogP contribution in [0.5, 0.6) is 0 Å². The average molecular weight is 228 g/mol. The van der Waals surface area contributed by atoms with E-state index in [9.17, 15) is 9.59 Å². The molecule has 0 saturated heterocycles. The highest BCUT2D eigenvalue weighted by Gasteiger charge is 2.03. The van der Waals surface area contributed by atoms with Crippen molar-refractivity contribution in [1.82, 2.24) is 4.57 Å². The van der Waals surface area contributed by atoms with Gasteiger partial charge in [0, 0.05) is 12.3 Å². The van der Waals surface area contributed by atoms with E-state index in [0.717, 1.165) is 5.56 Å². The van der Waals surface area contributed by atoms with E-state index in [1.807, 2.05) is 30.3 Å². The van der Waals surface area contributed by atoms with E-state index in [2.05, 4.69) is 0 Å². The first-order valence-electron chi connectivity index (χ1n) is 5.21. The topological polar surface area (TPSA) is 65.1 Å². The molecule has 0 aliphatic carbocycles. The van der Waals surface area contributed by atoms with Gasteiger partial charge < -0.3 is 10.3 Å². The molecule has 1 heterocycles. The third-order valence-corrected chi connectivity index (χ3v) is 2.46. The van der Waals surface area contributed by atoms with E-state index >= 15 is 0 Å². The monoisotopic (exact) mass is 228 g/mol. The number of rotatable bonds is 3. The predicted octanol–water partition coefficient (Wildman–Crippen LogP) is 0.995. The highest BCUT2D eigenvalue weighted by molar-refractivity contribution is 5.92. The first kappa shape index (κ1) is 11.1.